The second kappa shape index (κ2) is 7.96. The Morgan fingerprint density at radius 2 is 2.05 bits per heavy atom. The Kier molecular flexibility index (Phi) is 6.95. The minimum absolute atomic E-state index is 0.402. The quantitative estimate of drug-likeness (QED) is 0.671. The molecular formula is C12H23N3O2S2. The van der Waals surface area contributed by atoms with Crippen LogP contribution in [0.4, 0.5) is 0 Å². The van der Waals surface area contributed by atoms with E-state index in [1.165, 1.54) is 11.3 Å². The van der Waals surface area contributed by atoms with Crippen LogP contribution in [0.2, 0.25) is 0 Å². The van der Waals surface area contributed by atoms with Gasteiger partial charge in [0.15, 0.2) is 0 Å². The predicted molar refractivity (Wildman–Crippen MR) is 80.1 cm³/mol. The number of hydrogen-bond donors (Lipinski definition) is 2. The van der Waals surface area contributed by atoms with Crippen molar-refractivity contribution in [3.63, 3.8) is 0 Å². The number of rotatable bonds is 9. The van der Waals surface area contributed by atoms with E-state index in [0.717, 1.165) is 24.3 Å². The molecule has 0 aliphatic carbocycles. The lowest BCUT2D eigenvalue weighted by atomic mass is 10.3. The van der Waals surface area contributed by atoms with Gasteiger partial charge in [-0.3, -0.25) is 0 Å². The Hall–Kier alpha value is -0.470. The van der Waals surface area contributed by atoms with E-state index in [4.69, 9.17) is 0 Å². The standard InChI is InChI=1S/C12H23N3O2S2/c1-13-10-11-12(6-9-18-11)19(16,17)14-7-4-5-8-15(2)3/h6,9,13-14H,4-5,7-8,10H2,1-3H3. The summed E-state index contributed by atoms with van der Waals surface area (Å²) in [4.78, 5) is 3.35. The van der Waals surface area contributed by atoms with Crippen LogP contribution in [0.5, 0.6) is 0 Å². The molecule has 0 bridgehead atoms. The molecule has 0 unspecified atom stereocenters. The molecule has 1 aromatic rings. The molecule has 19 heavy (non-hydrogen) atoms. The highest BCUT2D eigenvalue weighted by Gasteiger charge is 2.18. The van der Waals surface area contributed by atoms with E-state index < -0.39 is 10.0 Å². The maximum absolute atomic E-state index is 12.1. The molecule has 0 aliphatic rings. The van der Waals surface area contributed by atoms with Crippen LogP contribution in [0.25, 0.3) is 0 Å². The van der Waals surface area contributed by atoms with Gasteiger partial charge in [0.05, 0.1) is 4.90 Å². The second-order valence-electron chi connectivity index (χ2n) is 4.65. The molecule has 110 valence electrons. The van der Waals surface area contributed by atoms with Crippen molar-refractivity contribution in [2.45, 2.75) is 24.3 Å². The molecule has 0 fully saturated rings. The zero-order valence-corrected chi connectivity index (χ0v) is 13.4. The summed E-state index contributed by atoms with van der Waals surface area (Å²) in [5, 5.41) is 4.80. The normalized spacial score (nSPS) is 12.2. The van der Waals surface area contributed by atoms with Gasteiger partial charge in [-0.05, 0) is 52.0 Å². The van der Waals surface area contributed by atoms with Crippen molar-refractivity contribution < 1.29 is 8.42 Å². The second-order valence-corrected chi connectivity index (χ2v) is 7.38. The van der Waals surface area contributed by atoms with E-state index in [0.29, 0.717) is 18.0 Å². The Morgan fingerprint density at radius 3 is 2.68 bits per heavy atom. The van der Waals surface area contributed by atoms with Gasteiger partial charge in [0.2, 0.25) is 10.0 Å². The maximum atomic E-state index is 12.1. The fraction of sp³-hybridized carbons (Fsp3) is 0.667. The molecule has 1 rings (SSSR count). The monoisotopic (exact) mass is 305 g/mol. The lowest BCUT2D eigenvalue weighted by Crippen LogP contribution is -2.26. The van der Waals surface area contributed by atoms with Crippen LogP contribution in [0.15, 0.2) is 16.3 Å². The molecule has 0 radical (unpaired) electrons. The molecule has 0 atom stereocenters. The van der Waals surface area contributed by atoms with Crippen LogP contribution in [-0.2, 0) is 16.6 Å². The summed E-state index contributed by atoms with van der Waals surface area (Å²) in [7, 11) is 2.47. The van der Waals surface area contributed by atoms with Gasteiger partial charge in [0.1, 0.15) is 0 Å². The number of sulfonamides is 1. The zero-order valence-electron chi connectivity index (χ0n) is 11.8. The Labute approximate surface area is 120 Å². The van der Waals surface area contributed by atoms with Gasteiger partial charge in [-0.25, -0.2) is 13.1 Å². The fourth-order valence-electron chi connectivity index (χ4n) is 1.70. The Balaban J connectivity index is 2.49. The topological polar surface area (TPSA) is 61.4 Å². The molecule has 0 saturated heterocycles. The van der Waals surface area contributed by atoms with Crippen LogP contribution < -0.4 is 10.0 Å². The summed E-state index contributed by atoms with van der Waals surface area (Å²) in [6.07, 6.45) is 1.84. The van der Waals surface area contributed by atoms with Crippen molar-refractivity contribution in [3.05, 3.63) is 16.3 Å². The summed E-state index contributed by atoms with van der Waals surface area (Å²) >= 11 is 1.46. The van der Waals surface area contributed by atoms with Crippen molar-refractivity contribution in [1.29, 1.82) is 0 Å². The molecule has 5 nitrogen and oxygen atoms in total. The van der Waals surface area contributed by atoms with E-state index in [2.05, 4.69) is 14.9 Å². The Morgan fingerprint density at radius 1 is 1.32 bits per heavy atom. The van der Waals surface area contributed by atoms with Crippen molar-refractivity contribution >= 4 is 21.4 Å². The third-order valence-electron chi connectivity index (χ3n) is 2.66. The molecule has 0 aliphatic heterocycles. The van der Waals surface area contributed by atoms with E-state index in [1.54, 1.807) is 6.07 Å². The lowest BCUT2D eigenvalue weighted by Gasteiger charge is -2.10. The highest BCUT2D eigenvalue weighted by Crippen LogP contribution is 2.21. The molecule has 0 spiro atoms. The number of thiophene rings is 1. The Bertz CT molecular complexity index is 469. The van der Waals surface area contributed by atoms with Crippen LogP contribution >= 0.6 is 11.3 Å². The van der Waals surface area contributed by atoms with Gasteiger partial charge in [-0.15, -0.1) is 11.3 Å². The molecule has 1 aromatic heterocycles. The minimum Gasteiger partial charge on any atom is -0.315 e. The van der Waals surface area contributed by atoms with Gasteiger partial charge >= 0.3 is 0 Å². The lowest BCUT2D eigenvalue weighted by molar-refractivity contribution is 0.394. The molecule has 2 N–H and O–H groups in total. The average Bonchev–Trinajstić information content (AvgIpc) is 2.77. The van der Waals surface area contributed by atoms with Gasteiger partial charge in [-0.1, -0.05) is 0 Å². The number of nitrogens with one attached hydrogen (secondary N) is 2. The largest absolute Gasteiger partial charge is 0.315 e. The van der Waals surface area contributed by atoms with Crippen LogP contribution in [0, 0.1) is 0 Å². The first-order valence-corrected chi connectivity index (χ1v) is 8.69. The van der Waals surface area contributed by atoms with E-state index in [1.807, 2.05) is 26.5 Å². The third-order valence-corrected chi connectivity index (χ3v) is 5.25. The summed E-state index contributed by atoms with van der Waals surface area (Å²) in [5.41, 5.74) is 0. The summed E-state index contributed by atoms with van der Waals surface area (Å²) in [6, 6.07) is 1.67. The molecular weight excluding hydrogens is 282 g/mol. The maximum Gasteiger partial charge on any atom is 0.241 e. The molecule has 0 saturated carbocycles. The zero-order chi connectivity index (χ0) is 14.3. The minimum atomic E-state index is -3.36. The molecule has 1 heterocycles. The van der Waals surface area contributed by atoms with Crippen molar-refractivity contribution in [2.75, 3.05) is 34.2 Å². The van der Waals surface area contributed by atoms with Crippen LogP contribution in [-0.4, -0.2) is 47.6 Å². The van der Waals surface area contributed by atoms with Gasteiger partial charge in [0, 0.05) is 18.0 Å². The van der Waals surface area contributed by atoms with Crippen LogP contribution in [0.3, 0.4) is 0 Å². The van der Waals surface area contributed by atoms with Gasteiger partial charge < -0.3 is 10.2 Å². The first-order chi connectivity index (χ1) is 8.97. The highest BCUT2D eigenvalue weighted by molar-refractivity contribution is 7.89. The number of hydrogen-bond acceptors (Lipinski definition) is 5. The van der Waals surface area contributed by atoms with E-state index in [9.17, 15) is 8.42 Å². The van der Waals surface area contributed by atoms with Crippen LogP contribution in [0.1, 0.15) is 17.7 Å². The first-order valence-electron chi connectivity index (χ1n) is 6.32. The molecule has 0 aromatic carbocycles. The summed E-state index contributed by atoms with van der Waals surface area (Å²) < 4.78 is 27.0. The number of unbranched alkanes of at least 4 members (excludes halogenated alkanes) is 1. The SMILES string of the molecule is CNCc1sccc1S(=O)(=O)NCCCCN(C)C. The van der Waals surface area contributed by atoms with E-state index in [-0.39, 0.29) is 0 Å². The summed E-state index contributed by atoms with van der Waals surface area (Å²) in [6.45, 7) is 2.05. The van der Waals surface area contributed by atoms with Crippen molar-refractivity contribution in [2.24, 2.45) is 0 Å². The fourth-order valence-corrected chi connectivity index (χ4v) is 4.22. The molecule has 0 amide bonds. The highest BCUT2D eigenvalue weighted by atomic mass is 32.2. The number of nitrogens with zero attached hydrogens (tertiary/aromatic N) is 1. The van der Waals surface area contributed by atoms with Gasteiger partial charge in [0.25, 0.3) is 0 Å². The first kappa shape index (κ1) is 16.6. The molecule has 7 heteroatoms. The summed E-state index contributed by atoms with van der Waals surface area (Å²) in [5.74, 6) is 0. The smallest absolute Gasteiger partial charge is 0.241 e. The van der Waals surface area contributed by atoms with Crippen molar-refractivity contribution in [3.8, 4) is 0 Å². The van der Waals surface area contributed by atoms with Gasteiger partial charge in [-0.2, -0.15) is 0 Å². The van der Waals surface area contributed by atoms with E-state index >= 15 is 0 Å². The van der Waals surface area contributed by atoms with Crippen molar-refractivity contribution in [1.82, 2.24) is 14.9 Å². The third kappa shape index (κ3) is 5.58. The predicted octanol–water partition coefficient (Wildman–Crippen LogP) is 1.09. The average molecular weight is 305 g/mol.